The number of rotatable bonds is 4. The molecule has 4 aromatic rings. The zero-order valence-corrected chi connectivity index (χ0v) is 16.4. The number of halogens is 1. The predicted molar refractivity (Wildman–Crippen MR) is 109 cm³/mol. The van der Waals surface area contributed by atoms with Crippen LogP contribution in [0.15, 0.2) is 42.7 Å². The van der Waals surface area contributed by atoms with E-state index in [0.717, 1.165) is 22.5 Å². The summed E-state index contributed by atoms with van der Waals surface area (Å²) in [6.07, 6.45) is 3.86. The second-order valence-electron chi connectivity index (χ2n) is 7.19. The van der Waals surface area contributed by atoms with Crippen LogP contribution in [0.2, 0.25) is 0 Å². The Morgan fingerprint density at radius 3 is 2.48 bits per heavy atom. The number of nitrogens with zero attached hydrogens (tertiary/aromatic N) is 4. The molecule has 146 valence electrons. The van der Waals surface area contributed by atoms with Crippen LogP contribution in [-0.4, -0.2) is 25.7 Å². The SMILES string of the molecule is Cc1cc(Cc2ccc3c(-c4cnn(C)c4)cc(C(N)=O)nc3c2F)cc(C)n1. The molecule has 0 aliphatic rings. The zero-order chi connectivity index (χ0) is 20.7. The summed E-state index contributed by atoms with van der Waals surface area (Å²) < 4.78 is 17.1. The van der Waals surface area contributed by atoms with E-state index in [2.05, 4.69) is 15.1 Å². The average Bonchev–Trinajstić information content (AvgIpc) is 3.08. The number of primary amides is 1. The molecule has 4 rings (SSSR count). The van der Waals surface area contributed by atoms with Crippen LogP contribution >= 0.6 is 0 Å². The lowest BCUT2D eigenvalue weighted by atomic mass is 9.97. The Morgan fingerprint density at radius 2 is 1.86 bits per heavy atom. The van der Waals surface area contributed by atoms with Gasteiger partial charge in [-0.25, -0.2) is 9.37 Å². The van der Waals surface area contributed by atoms with Crippen molar-refractivity contribution in [2.75, 3.05) is 0 Å². The summed E-state index contributed by atoms with van der Waals surface area (Å²) in [5.74, 6) is -1.16. The largest absolute Gasteiger partial charge is 0.364 e. The van der Waals surface area contributed by atoms with Gasteiger partial charge in [-0.2, -0.15) is 5.10 Å². The summed E-state index contributed by atoms with van der Waals surface area (Å²) in [6.45, 7) is 3.82. The summed E-state index contributed by atoms with van der Waals surface area (Å²) >= 11 is 0. The minimum atomic E-state index is -0.706. The number of aromatic nitrogens is 4. The number of hydrogen-bond acceptors (Lipinski definition) is 4. The van der Waals surface area contributed by atoms with Gasteiger partial charge < -0.3 is 5.73 Å². The van der Waals surface area contributed by atoms with Crippen molar-refractivity contribution in [2.45, 2.75) is 20.3 Å². The molecular weight excluding hydrogens is 369 g/mol. The summed E-state index contributed by atoms with van der Waals surface area (Å²) in [5, 5.41) is 4.77. The number of aryl methyl sites for hydroxylation is 3. The van der Waals surface area contributed by atoms with Crippen molar-refractivity contribution < 1.29 is 9.18 Å². The van der Waals surface area contributed by atoms with Crippen molar-refractivity contribution in [2.24, 2.45) is 12.8 Å². The lowest BCUT2D eigenvalue weighted by Crippen LogP contribution is -2.13. The van der Waals surface area contributed by atoms with E-state index in [4.69, 9.17) is 5.73 Å². The van der Waals surface area contributed by atoms with Gasteiger partial charge in [-0.15, -0.1) is 0 Å². The lowest BCUT2D eigenvalue weighted by molar-refractivity contribution is 0.0996. The number of pyridine rings is 2. The van der Waals surface area contributed by atoms with Crippen LogP contribution in [0.4, 0.5) is 4.39 Å². The van der Waals surface area contributed by atoms with Gasteiger partial charge in [-0.3, -0.25) is 14.5 Å². The molecule has 3 heterocycles. The van der Waals surface area contributed by atoms with Gasteiger partial charge in [0.2, 0.25) is 0 Å². The molecule has 0 spiro atoms. The third-order valence-electron chi connectivity index (χ3n) is 4.80. The molecule has 1 aromatic carbocycles. The number of carbonyl (C=O) groups excluding carboxylic acids is 1. The third-order valence-corrected chi connectivity index (χ3v) is 4.80. The minimum absolute atomic E-state index is 0.0167. The molecule has 6 nitrogen and oxygen atoms in total. The Morgan fingerprint density at radius 1 is 1.14 bits per heavy atom. The van der Waals surface area contributed by atoms with Crippen LogP contribution in [0.3, 0.4) is 0 Å². The highest BCUT2D eigenvalue weighted by atomic mass is 19.1. The third kappa shape index (κ3) is 3.59. The van der Waals surface area contributed by atoms with Crippen molar-refractivity contribution >= 4 is 16.8 Å². The van der Waals surface area contributed by atoms with Crippen molar-refractivity contribution in [1.82, 2.24) is 19.7 Å². The molecule has 29 heavy (non-hydrogen) atoms. The smallest absolute Gasteiger partial charge is 0.267 e. The molecule has 7 heteroatoms. The highest BCUT2D eigenvalue weighted by Gasteiger charge is 2.17. The summed E-state index contributed by atoms with van der Waals surface area (Å²) in [6, 6.07) is 9.04. The van der Waals surface area contributed by atoms with E-state index in [-0.39, 0.29) is 11.2 Å². The van der Waals surface area contributed by atoms with Gasteiger partial charge in [0.15, 0.2) is 5.82 Å². The van der Waals surface area contributed by atoms with Gasteiger partial charge in [0.1, 0.15) is 11.2 Å². The van der Waals surface area contributed by atoms with Gasteiger partial charge in [0.25, 0.3) is 5.91 Å². The molecule has 0 atom stereocenters. The maximum atomic E-state index is 15.4. The maximum Gasteiger partial charge on any atom is 0.267 e. The van der Waals surface area contributed by atoms with Crippen molar-refractivity contribution in [3.8, 4) is 11.1 Å². The van der Waals surface area contributed by atoms with E-state index in [9.17, 15) is 4.79 Å². The highest BCUT2D eigenvalue weighted by Crippen LogP contribution is 2.31. The van der Waals surface area contributed by atoms with Crippen LogP contribution in [0, 0.1) is 19.7 Å². The Kier molecular flexibility index (Phi) is 4.58. The van der Waals surface area contributed by atoms with E-state index in [1.807, 2.05) is 32.0 Å². The number of nitrogens with two attached hydrogens (primary N) is 1. The molecule has 1 amide bonds. The summed E-state index contributed by atoms with van der Waals surface area (Å²) in [7, 11) is 1.79. The fourth-order valence-corrected chi connectivity index (χ4v) is 3.61. The fourth-order valence-electron chi connectivity index (χ4n) is 3.61. The lowest BCUT2D eigenvalue weighted by Gasteiger charge is -2.11. The Bertz CT molecular complexity index is 1240. The number of amides is 1. The molecule has 0 saturated carbocycles. The first-order valence-electron chi connectivity index (χ1n) is 9.17. The second-order valence-corrected chi connectivity index (χ2v) is 7.19. The van der Waals surface area contributed by atoms with Crippen LogP contribution in [0.25, 0.3) is 22.0 Å². The highest BCUT2D eigenvalue weighted by molar-refractivity contribution is 6.01. The van der Waals surface area contributed by atoms with Gasteiger partial charge >= 0.3 is 0 Å². The van der Waals surface area contributed by atoms with Crippen molar-refractivity contribution in [3.05, 3.63) is 76.8 Å². The van der Waals surface area contributed by atoms with E-state index in [0.29, 0.717) is 22.9 Å². The Balaban J connectivity index is 1.90. The molecule has 0 unspecified atom stereocenters. The number of hydrogen-bond donors (Lipinski definition) is 1. The van der Waals surface area contributed by atoms with E-state index >= 15 is 4.39 Å². The number of carbonyl (C=O) groups is 1. The first-order valence-corrected chi connectivity index (χ1v) is 9.17. The quantitative estimate of drug-likeness (QED) is 0.579. The monoisotopic (exact) mass is 389 g/mol. The molecule has 0 aliphatic heterocycles. The van der Waals surface area contributed by atoms with E-state index in [1.165, 1.54) is 0 Å². The van der Waals surface area contributed by atoms with Gasteiger partial charge in [0, 0.05) is 42.0 Å². The number of benzene rings is 1. The van der Waals surface area contributed by atoms with Crippen molar-refractivity contribution in [3.63, 3.8) is 0 Å². The topological polar surface area (TPSA) is 86.7 Å². The molecular formula is C22H20FN5O. The maximum absolute atomic E-state index is 15.4. The molecule has 0 bridgehead atoms. The van der Waals surface area contributed by atoms with E-state index in [1.54, 1.807) is 36.3 Å². The number of fused-ring (bicyclic) bond motifs is 1. The molecule has 2 N–H and O–H groups in total. The van der Waals surface area contributed by atoms with Gasteiger partial charge in [-0.05, 0) is 48.7 Å². The summed E-state index contributed by atoms with van der Waals surface area (Å²) in [5.41, 5.74) is 10.2. The standard InChI is InChI=1S/C22H20FN5O/c1-12-6-14(7-13(2)26-12)8-15-4-5-17-18(16-10-25-28(3)11-16)9-19(22(24)29)27-21(17)20(15)23/h4-7,9-11H,8H2,1-3H3,(H2,24,29). The van der Waals surface area contributed by atoms with Crippen LogP contribution < -0.4 is 5.73 Å². The van der Waals surface area contributed by atoms with E-state index < -0.39 is 11.7 Å². The van der Waals surface area contributed by atoms with Crippen LogP contribution in [0.1, 0.15) is 33.0 Å². The normalized spacial score (nSPS) is 11.2. The van der Waals surface area contributed by atoms with Gasteiger partial charge in [-0.1, -0.05) is 12.1 Å². The Labute approximate surface area is 167 Å². The molecule has 0 radical (unpaired) electrons. The predicted octanol–water partition coefficient (Wildman–Crippen LogP) is 3.48. The second kappa shape index (κ2) is 7.09. The zero-order valence-electron chi connectivity index (χ0n) is 16.4. The van der Waals surface area contributed by atoms with Crippen molar-refractivity contribution in [1.29, 1.82) is 0 Å². The molecule has 0 aliphatic carbocycles. The van der Waals surface area contributed by atoms with Crippen LogP contribution in [0.5, 0.6) is 0 Å². The average molecular weight is 389 g/mol. The Hall–Kier alpha value is -3.61. The molecule has 0 fully saturated rings. The molecule has 3 aromatic heterocycles. The first kappa shape index (κ1) is 18.7. The first-order chi connectivity index (χ1) is 13.8. The van der Waals surface area contributed by atoms with Crippen LogP contribution in [-0.2, 0) is 13.5 Å². The van der Waals surface area contributed by atoms with Gasteiger partial charge in [0.05, 0.1) is 6.20 Å². The fraction of sp³-hybridized carbons (Fsp3) is 0.182. The summed E-state index contributed by atoms with van der Waals surface area (Å²) in [4.78, 5) is 20.4. The molecule has 0 saturated heterocycles. The minimum Gasteiger partial charge on any atom is -0.364 e.